The highest BCUT2D eigenvalue weighted by Gasteiger charge is 2.17. The molecule has 0 spiro atoms. The fraction of sp³-hybridized carbons (Fsp3) is 0.0952. The van der Waals surface area contributed by atoms with Crippen LogP contribution in [0.2, 0.25) is 0 Å². The zero-order valence-electron chi connectivity index (χ0n) is 15.7. The summed E-state index contributed by atoms with van der Waals surface area (Å²) in [4.78, 5) is 16.8. The number of nitrogens with one attached hydrogen (secondary N) is 2. The lowest BCUT2D eigenvalue weighted by molar-refractivity contribution is 0.102. The van der Waals surface area contributed by atoms with Crippen LogP contribution >= 0.6 is 0 Å². The Morgan fingerprint density at radius 1 is 1.21 bits per heavy atom. The number of fused-ring (bicyclic) bond motifs is 1. The van der Waals surface area contributed by atoms with Gasteiger partial charge in [-0.05, 0) is 48.0 Å². The predicted octanol–water partition coefficient (Wildman–Crippen LogP) is 3.55. The molecule has 0 atom stereocenters. The monoisotopic (exact) mass is 390 g/mol. The van der Waals surface area contributed by atoms with E-state index >= 15 is 0 Å². The van der Waals surface area contributed by atoms with Crippen LogP contribution in [0.5, 0.6) is 0 Å². The minimum atomic E-state index is -0.611. The lowest BCUT2D eigenvalue weighted by Crippen LogP contribution is -2.17. The first-order chi connectivity index (χ1) is 14.0. The Morgan fingerprint density at radius 3 is 2.90 bits per heavy atom. The lowest BCUT2D eigenvalue weighted by Gasteiger charge is -2.13. The molecule has 1 amide bonds. The molecule has 4 rings (SSSR count). The summed E-state index contributed by atoms with van der Waals surface area (Å²) in [5, 5.41) is 11.1. The van der Waals surface area contributed by atoms with Crippen LogP contribution in [0.15, 0.2) is 60.9 Å². The number of hydrogen-bond donors (Lipinski definition) is 3. The molecule has 0 aliphatic rings. The fourth-order valence-corrected chi connectivity index (χ4v) is 3.11. The van der Waals surface area contributed by atoms with E-state index < -0.39 is 11.7 Å². The van der Waals surface area contributed by atoms with E-state index in [0.29, 0.717) is 23.7 Å². The van der Waals surface area contributed by atoms with Gasteiger partial charge in [0.05, 0.1) is 16.8 Å². The van der Waals surface area contributed by atoms with Crippen molar-refractivity contribution in [2.24, 2.45) is 7.05 Å². The normalized spacial score (nSPS) is 10.8. The van der Waals surface area contributed by atoms with Crippen molar-refractivity contribution in [3.63, 3.8) is 0 Å². The van der Waals surface area contributed by atoms with Gasteiger partial charge in [0.25, 0.3) is 5.91 Å². The largest absolute Gasteiger partial charge is 0.384 e. The second-order valence-electron chi connectivity index (χ2n) is 6.64. The van der Waals surface area contributed by atoms with Gasteiger partial charge in [0.15, 0.2) is 0 Å². The van der Waals surface area contributed by atoms with Crippen LogP contribution in [0.3, 0.4) is 0 Å². The zero-order valence-corrected chi connectivity index (χ0v) is 15.7. The number of halogens is 1. The Morgan fingerprint density at radius 2 is 2.07 bits per heavy atom. The van der Waals surface area contributed by atoms with E-state index in [9.17, 15) is 9.18 Å². The summed E-state index contributed by atoms with van der Waals surface area (Å²) in [5.74, 6) is -0.762. The molecular weight excluding hydrogens is 371 g/mol. The molecule has 4 N–H and O–H groups in total. The van der Waals surface area contributed by atoms with Crippen molar-refractivity contribution in [3.05, 3.63) is 77.9 Å². The maximum atomic E-state index is 14.5. The molecule has 0 unspecified atom stereocenters. The molecule has 0 aliphatic carbocycles. The molecule has 0 fully saturated rings. The maximum absolute atomic E-state index is 14.5. The molecule has 4 aromatic rings. The van der Waals surface area contributed by atoms with E-state index in [1.807, 2.05) is 19.3 Å². The summed E-state index contributed by atoms with van der Waals surface area (Å²) >= 11 is 0. The van der Waals surface area contributed by atoms with Crippen LogP contribution in [0.25, 0.3) is 10.9 Å². The number of pyridine rings is 1. The summed E-state index contributed by atoms with van der Waals surface area (Å²) in [7, 11) is 1.83. The molecule has 8 heteroatoms. The quantitative estimate of drug-likeness (QED) is 0.484. The molecule has 0 radical (unpaired) electrons. The molecular formula is C21H19FN6O. The molecule has 2 heterocycles. The van der Waals surface area contributed by atoms with Crippen molar-refractivity contribution in [2.75, 3.05) is 16.4 Å². The van der Waals surface area contributed by atoms with Crippen molar-refractivity contribution in [2.45, 2.75) is 6.54 Å². The predicted molar refractivity (Wildman–Crippen MR) is 111 cm³/mol. The number of nitrogens with zero attached hydrogens (tertiary/aromatic N) is 3. The summed E-state index contributed by atoms with van der Waals surface area (Å²) < 4.78 is 16.2. The van der Waals surface area contributed by atoms with Crippen molar-refractivity contribution in [3.8, 4) is 0 Å². The van der Waals surface area contributed by atoms with Gasteiger partial charge in [0.2, 0.25) is 0 Å². The van der Waals surface area contributed by atoms with Gasteiger partial charge in [-0.3, -0.25) is 9.48 Å². The van der Waals surface area contributed by atoms with Gasteiger partial charge in [0.1, 0.15) is 11.6 Å². The Hall–Kier alpha value is -3.94. The average Bonchev–Trinajstić information content (AvgIpc) is 3.05. The molecule has 146 valence electrons. The van der Waals surface area contributed by atoms with Gasteiger partial charge < -0.3 is 16.4 Å². The van der Waals surface area contributed by atoms with Crippen LogP contribution in [0.4, 0.5) is 21.6 Å². The van der Waals surface area contributed by atoms with E-state index in [2.05, 4.69) is 20.7 Å². The highest BCUT2D eigenvalue weighted by Crippen LogP contribution is 2.23. The summed E-state index contributed by atoms with van der Waals surface area (Å²) in [6.07, 6.45) is 3.48. The highest BCUT2D eigenvalue weighted by atomic mass is 19.1. The number of benzene rings is 2. The number of aryl methyl sites for hydroxylation is 1. The molecule has 29 heavy (non-hydrogen) atoms. The topological polar surface area (TPSA) is 97.9 Å². The Labute approximate surface area is 166 Å². The van der Waals surface area contributed by atoms with Crippen molar-refractivity contribution >= 4 is 34.0 Å². The molecule has 7 nitrogen and oxygen atoms in total. The maximum Gasteiger partial charge on any atom is 0.260 e. The van der Waals surface area contributed by atoms with Crippen LogP contribution in [-0.2, 0) is 13.6 Å². The number of amides is 1. The first-order valence-corrected chi connectivity index (χ1v) is 8.97. The third kappa shape index (κ3) is 4.01. The number of rotatable bonds is 5. The second kappa shape index (κ2) is 7.59. The third-order valence-corrected chi connectivity index (χ3v) is 4.45. The van der Waals surface area contributed by atoms with Crippen LogP contribution in [0.1, 0.15) is 15.9 Å². The zero-order chi connectivity index (χ0) is 20.4. The van der Waals surface area contributed by atoms with Gasteiger partial charge >= 0.3 is 0 Å². The number of carbonyl (C=O) groups is 1. The number of carbonyl (C=O) groups excluding carboxylic acids is 1. The highest BCUT2D eigenvalue weighted by molar-refractivity contribution is 6.08. The molecule has 2 aromatic heterocycles. The second-order valence-corrected chi connectivity index (χ2v) is 6.64. The first-order valence-electron chi connectivity index (χ1n) is 8.97. The lowest BCUT2D eigenvalue weighted by atomic mass is 10.1. The smallest absolute Gasteiger partial charge is 0.260 e. The van der Waals surface area contributed by atoms with Gasteiger partial charge in [-0.1, -0.05) is 6.07 Å². The SMILES string of the molecule is Cn1cc2ccc(NC(=O)c3c(F)cccc3NCc3ccnc(N)c3)cc2n1. The number of aromatic nitrogens is 3. The molecule has 0 saturated heterocycles. The summed E-state index contributed by atoms with van der Waals surface area (Å²) in [6, 6.07) is 13.3. The van der Waals surface area contributed by atoms with Crippen LogP contribution in [0, 0.1) is 5.82 Å². The minimum Gasteiger partial charge on any atom is -0.384 e. The van der Waals surface area contributed by atoms with Gasteiger partial charge in [-0.15, -0.1) is 0 Å². The van der Waals surface area contributed by atoms with Gasteiger partial charge in [-0.25, -0.2) is 9.37 Å². The fourth-order valence-electron chi connectivity index (χ4n) is 3.11. The van der Waals surface area contributed by atoms with Gasteiger partial charge in [-0.2, -0.15) is 5.10 Å². The number of nitrogens with two attached hydrogens (primary N) is 1. The molecule has 0 aliphatic heterocycles. The van der Waals surface area contributed by atoms with Crippen molar-refractivity contribution in [1.29, 1.82) is 0 Å². The van der Waals surface area contributed by atoms with E-state index in [4.69, 9.17) is 5.73 Å². The number of hydrogen-bond acceptors (Lipinski definition) is 5. The molecule has 0 bridgehead atoms. The average molecular weight is 390 g/mol. The summed E-state index contributed by atoms with van der Waals surface area (Å²) in [6.45, 7) is 0.371. The van der Waals surface area contributed by atoms with Crippen LogP contribution in [-0.4, -0.2) is 20.7 Å². The molecule has 2 aromatic carbocycles. The van der Waals surface area contributed by atoms with Crippen molar-refractivity contribution in [1.82, 2.24) is 14.8 Å². The molecule has 0 saturated carbocycles. The van der Waals surface area contributed by atoms with E-state index in [-0.39, 0.29) is 5.56 Å². The Balaban J connectivity index is 1.56. The van der Waals surface area contributed by atoms with Crippen molar-refractivity contribution < 1.29 is 9.18 Å². The standard InChI is InChI=1S/C21H19FN6O/c1-28-12-14-5-6-15(10-18(14)27-28)26-21(29)20-16(22)3-2-4-17(20)25-11-13-7-8-24-19(23)9-13/h2-10,12,25H,11H2,1H3,(H2,23,24)(H,26,29). The Bertz CT molecular complexity index is 1200. The Kier molecular flexibility index (Phi) is 4.82. The minimum absolute atomic E-state index is 0.0596. The summed E-state index contributed by atoms with van der Waals surface area (Å²) in [5.41, 5.74) is 8.16. The third-order valence-electron chi connectivity index (χ3n) is 4.45. The number of nitrogen functional groups attached to an aromatic ring is 1. The first kappa shape index (κ1) is 18.4. The number of anilines is 3. The van der Waals surface area contributed by atoms with E-state index in [1.54, 1.807) is 47.3 Å². The van der Waals surface area contributed by atoms with E-state index in [1.165, 1.54) is 6.07 Å². The van der Waals surface area contributed by atoms with E-state index in [0.717, 1.165) is 16.5 Å². The van der Waals surface area contributed by atoms with Crippen LogP contribution < -0.4 is 16.4 Å². The van der Waals surface area contributed by atoms with Gasteiger partial charge in [0, 0.05) is 37.1 Å².